The van der Waals surface area contributed by atoms with Crippen molar-refractivity contribution in [2.75, 3.05) is 18.6 Å². The zero-order chi connectivity index (χ0) is 12.4. The van der Waals surface area contributed by atoms with E-state index in [2.05, 4.69) is 11.8 Å². The van der Waals surface area contributed by atoms with Gasteiger partial charge in [-0.25, -0.2) is 4.79 Å². The summed E-state index contributed by atoms with van der Waals surface area (Å²) in [5.41, 5.74) is 1.19. The molecular formula is C13H17NO3. The second kappa shape index (κ2) is 4.65. The highest BCUT2D eigenvalue weighted by Gasteiger charge is 2.24. The molecule has 1 fully saturated rings. The number of nitrogens with zero attached hydrogens (tertiary/aromatic N) is 1. The van der Waals surface area contributed by atoms with Gasteiger partial charge >= 0.3 is 5.97 Å². The van der Waals surface area contributed by atoms with Gasteiger partial charge < -0.3 is 14.7 Å². The Kier molecular flexibility index (Phi) is 3.22. The molecule has 0 aromatic heterocycles. The Morgan fingerprint density at radius 1 is 1.53 bits per heavy atom. The highest BCUT2D eigenvalue weighted by atomic mass is 16.5. The molecule has 1 atom stereocenters. The SMILES string of the molecule is COc1ccc(C(=O)O)cc1N1CCCC1C. The molecule has 1 aliphatic heterocycles. The van der Waals surface area contributed by atoms with E-state index in [0.29, 0.717) is 11.6 Å². The fourth-order valence-corrected chi connectivity index (χ4v) is 2.34. The van der Waals surface area contributed by atoms with Crippen molar-refractivity contribution in [3.8, 4) is 5.75 Å². The molecular weight excluding hydrogens is 218 g/mol. The number of carboxylic acid groups (broad SMARTS) is 1. The molecule has 4 nitrogen and oxygen atoms in total. The van der Waals surface area contributed by atoms with Crippen molar-refractivity contribution < 1.29 is 14.6 Å². The molecule has 2 rings (SSSR count). The number of benzene rings is 1. The number of carboxylic acids is 1. The van der Waals surface area contributed by atoms with E-state index in [1.54, 1.807) is 25.3 Å². The van der Waals surface area contributed by atoms with Crippen LogP contribution in [0.5, 0.6) is 5.75 Å². The third-order valence-corrected chi connectivity index (χ3v) is 3.29. The molecule has 1 N–H and O–H groups in total. The average molecular weight is 235 g/mol. The molecule has 1 heterocycles. The standard InChI is InChI=1S/C13H17NO3/c1-9-4-3-7-14(9)11-8-10(13(15)16)5-6-12(11)17-2/h5-6,8-9H,3-4,7H2,1-2H3,(H,15,16). The number of ether oxygens (including phenoxy) is 1. The summed E-state index contributed by atoms with van der Waals surface area (Å²) < 4.78 is 5.31. The highest BCUT2D eigenvalue weighted by molar-refractivity contribution is 5.89. The van der Waals surface area contributed by atoms with Crippen molar-refractivity contribution in [3.05, 3.63) is 23.8 Å². The molecule has 0 bridgehead atoms. The quantitative estimate of drug-likeness (QED) is 0.873. The summed E-state index contributed by atoms with van der Waals surface area (Å²) in [5, 5.41) is 9.02. The van der Waals surface area contributed by atoms with E-state index in [9.17, 15) is 4.79 Å². The largest absolute Gasteiger partial charge is 0.495 e. The molecule has 0 saturated carbocycles. The molecule has 0 amide bonds. The van der Waals surface area contributed by atoms with Gasteiger partial charge in [0.2, 0.25) is 0 Å². The Morgan fingerprint density at radius 3 is 2.82 bits per heavy atom. The van der Waals surface area contributed by atoms with E-state index in [0.717, 1.165) is 30.8 Å². The second-order valence-corrected chi connectivity index (χ2v) is 4.38. The minimum atomic E-state index is -0.902. The smallest absolute Gasteiger partial charge is 0.335 e. The van der Waals surface area contributed by atoms with Crippen LogP contribution < -0.4 is 9.64 Å². The molecule has 1 aliphatic rings. The maximum Gasteiger partial charge on any atom is 0.335 e. The molecule has 0 spiro atoms. The Balaban J connectivity index is 2.41. The molecule has 1 aromatic carbocycles. The van der Waals surface area contributed by atoms with Crippen LogP contribution in [-0.2, 0) is 0 Å². The van der Waals surface area contributed by atoms with Crippen LogP contribution in [0.25, 0.3) is 0 Å². The normalized spacial score (nSPS) is 19.4. The molecule has 1 saturated heterocycles. The van der Waals surface area contributed by atoms with Gasteiger partial charge in [0.1, 0.15) is 5.75 Å². The van der Waals surface area contributed by atoms with Crippen molar-refractivity contribution in [3.63, 3.8) is 0 Å². The first kappa shape index (κ1) is 11.8. The first-order valence-corrected chi connectivity index (χ1v) is 5.81. The summed E-state index contributed by atoms with van der Waals surface area (Å²) in [6.45, 7) is 3.11. The fourth-order valence-electron chi connectivity index (χ4n) is 2.34. The van der Waals surface area contributed by atoms with Crippen LogP contribution in [-0.4, -0.2) is 30.8 Å². The number of rotatable bonds is 3. The van der Waals surface area contributed by atoms with Crippen LogP contribution in [0.15, 0.2) is 18.2 Å². The monoisotopic (exact) mass is 235 g/mol. The van der Waals surface area contributed by atoms with E-state index in [4.69, 9.17) is 9.84 Å². The summed E-state index contributed by atoms with van der Waals surface area (Å²) in [7, 11) is 1.61. The van der Waals surface area contributed by atoms with Crippen LogP contribution in [0.3, 0.4) is 0 Å². The number of anilines is 1. The lowest BCUT2D eigenvalue weighted by Gasteiger charge is -2.26. The molecule has 4 heteroatoms. The van der Waals surface area contributed by atoms with Gasteiger partial charge in [-0.05, 0) is 38.0 Å². The molecule has 0 radical (unpaired) electrons. The Morgan fingerprint density at radius 2 is 2.29 bits per heavy atom. The fraction of sp³-hybridized carbons (Fsp3) is 0.462. The van der Waals surface area contributed by atoms with Gasteiger partial charge in [-0.1, -0.05) is 0 Å². The lowest BCUT2D eigenvalue weighted by atomic mass is 10.1. The molecule has 1 unspecified atom stereocenters. The second-order valence-electron chi connectivity index (χ2n) is 4.38. The first-order valence-electron chi connectivity index (χ1n) is 5.81. The zero-order valence-electron chi connectivity index (χ0n) is 10.1. The van der Waals surface area contributed by atoms with Gasteiger partial charge in [0.15, 0.2) is 0 Å². The molecule has 17 heavy (non-hydrogen) atoms. The van der Waals surface area contributed by atoms with Crippen molar-refractivity contribution >= 4 is 11.7 Å². The maximum atomic E-state index is 11.0. The van der Waals surface area contributed by atoms with Crippen molar-refractivity contribution in [1.29, 1.82) is 0 Å². The van der Waals surface area contributed by atoms with Crippen LogP contribution in [0.4, 0.5) is 5.69 Å². The van der Waals surface area contributed by atoms with E-state index < -0.39 is 5.97 Å². The number of carbonyl (C=O) groups is 1. The van der Waals surface area contributed by atoms with Crippen molar-refractivity contribution in [2.24, 2.45) is 0 Å². The summed E-state index contributed by atoms with van der Waals surface area (Å²) >= 11 is 0. The van der Waals surface area contributed by atoms with E-state index in [1.807, 2.05) is 0 Å². The molecule has 92 valence electrons. The van der Waals surface area contributed by atoms with Gasteiger partial charge in [0.05, 0.1) is 18.4 Å². The summed E-state index contributed by atoms with van der Waals surface area (Å²) in [4.78, 5) is 13.2. The summed E-state index contributed by atoms with van der Waals surface area (Å²) in [6, 6.07) is 5.44. The van der Waals surface area contributed by atoms with Gasteiger partial charge in [0, 0.05) is 12.6 Å². The van der Waals surface area contributed by atoms with E-state index in [1.165, 1.54) is 0 Å². The Labute approximate surface area is 101 Å². The lowest BCUT2D eigenvalue weighted by Crippen LogP contribution is -2.26. The van der Waals surface area contributed by atoms with Crippen molar-refractivity contribution in [2.45, 2.75) is 25.8 Å². The van der Waals surface area contributed by atoms with Gasteiger partial charge in [-0.15, -0.1) is 0 Å². The lowest BCUT2D eigenvalue weighted by molar-refractivity contribution is 0.0697. The van der Waals surface area contributed by atoms with Crippen LogP contribution in [0.1, 0.15) is 30.1 Å². The summed E-state index contributed by atoms with van der Waals surface area (Å²) in [6.07, 6.45) is 2.28. The molecule has 1 aromatic rings. The van der Waals surface area contributed by atoms with Gasteiger partial charge in [-0.3, -0.25) is 0 Å². The Hall–Kier alpha value is -1.71. The number of methoxy groups -OCH3 is 1. The minimum Gasteiger partial charge on any atom is -0.495 e. The number of hydrogen-bond donors (Lipinski definition) is 1. The summed E-state index contributed by atoms with van der Waals surface area (Å²) in [5.74, 6) is -0.162. The van der Waals surface area contributed by atoms with Crippen LogP contribution >= 0.6 is 0 Å². The zero-order valence-corrected chi connectivity index (χ0v) is 10.1. The van der Waals surface area contributed by atoms with Crippen LogP contribution in [0.2, 0.25) is 0 Å². The van der Waals surface area contributed by atoms with Crippen LogP contribution in [0, 0.1) is 0 Å². The molecule has 0 aliphatic carbocycles. The topological polar surface area (TPSA) is 49.8 Å². The van der Waals surface area contributed by atoms with Gasteiger partial charge in [0.25, 0.3) is 0 Å². The predicted molar refractivity (Wildman–Crippen MR) is 66.0 cm³/mol. The third kappa shape index (κ3) is 2.20. The van der Waals surface area contributed by atoms with E-state index in [-0.39, 0.29) is 0 Å². The van der Waals surface area contributed by atoms with Crippen molar-refractivity contribution in [1.82, 2.24) is 0 Å². The maximum absolute atomic E-state index is 11.0. The third-order valence-electron chi connectivity index (χ3n) is 3.29. The predicted octanol–water partition coefficient (Wildman–Crippen LogP) is 2.38. The Bertz CT molecular complexity index is 431. The average Bonchev–Trinajstić information content (AvgIpc) is 2.74. The number of aromatic carboxylic acids is 1. The highest BCUT2D eigenvalue weighted by Crippen LogP contribution is 2.34. The van der Waals surface area contributed by atoms with Gasteiger partial charge in [-0.2, -0.15) is 0 Å². The number of hydrogen-bond acceptors (Lipinski definition) is 3. The first-order chi connectivity index (χ1) is 8.13. The minimum absolute atomic E-state index is 0.305. The van der Waals surface area contributed by atoms with E-state index >= 15 is 0 Å².